The Morgan fingerprint density at radius 2 is 1.88 bits per heavy atom. The Balaban J connectivity index is 1.75. The SMILES string of the molecule is CCCN1CCCC(c2ccc(Cc3cccc(C)c3)cc2)C1=NC. The number of nitrogens with zero attached hydrogens (tertiary/aromatic N) is 2. The van der Waals surface area contributed by atoms with E-state index in [-0.39, 0.29) is 0 Å². The first-order valence-electron chi connectivity index (χ1n) is 9.57. The Kier molecular flexibility index (Phi) is 5.91. The number of amidine groups is 1. The summed E-state index contributed by atoms with van der Waals surface area (Å²) < 4.78 is 0. The van der Waals surface area contributed by atoms with Crippen LogP contribution in [0.1, 0.15) is 54.4 Å². The van der Waals surface area contributed by atoms with Crippen LogP contribution in [0.5, 0.6) is 0 Å². The van der Waals surface area contributed by atoms with Crippen LogP contribution in [0.2, 0.25) is 0 Å². The van der Waals surface area contributed by atoms with Gasteiger partial charge in [0.1, 0.15) is 5.84 Å². The normalized spacial score (nSPS) is 19.4. The van der Waals surface area contributed by atoms with E-state index in [1.54, 1.807) is 0 Å². The molecule has 0 saturated carbocycles. The first-order valence-corrected chi connectivity index (χ1v) is 9.57. The molecule has 1 unspecified atom stereocenters. The van der Waals surface area contributed by atoms with Crippen LogP contribution in [-0.2, 0) is 6.42 Å². The van der Waals surface area contributed by atoms with Crippen LogP contribution in [0, 0.1) is 6.92 Å². The summed E-state index contributed by atoms with van der Waals surface area (Å²) in [5, 5.41) is 0. The molecule has 0 aromatic heterocycles. The molecule has 25 heavy (non-hydrogen) atoms. The lowest BCUT2D eigenvalue weighted by Gasteiger charge is -2.36. The van der Waals surface area contributed by atoms with Gasteiger partial charge in [-0.15, -0.1) is 0 Å². The maximum atomic E-state index is 4.65. The zero-order chi connectivity index (χ0) is 17.6. The summed E-state index contributed by atoms with van der Waals surface area (Å²) in [6.45, 7) is 6.68. The molecule has 1 aliphatic rings. The molecule has 2 aromatic carbocycles. The van der Waals surface area contributed by atoms with Crippen LogP contribution in [0.15, 0.2) is 53.5 Å². The molecule has 0 bridgehead atoms. The zero-order valence-corrected chi connectivity index (χ0v) is 15.8. The Labute approximate surface area is 152 Å². The molecule has 1 saturated heterocycles. The fourth-order valence-corrected chi connectivity index (χ4v) is 3.99. The van der Waals surface area contributed by atoms with Crippen LogP contribution in [0.4, 0.5) is 0 Å². The molecule has 0 radical (unpaired) electrons. The van der Waals surface area contributed by atoms with Crippen molar-refractivity contribution in [2.75, 3.05) is 20.1 Å². The van der Waals surface area contributed by atoms with E-state index in [0.717, 1.165) is 19.5 Å². The lowest BCUT2D eigenvalue weighted by atomic mass is 9.88. The number of rotatable bonds is 5. The van der Waals surface area contributed by atoms with E-state index < -0.39 is 0 Å². The summed E-state index contributed by atoms with van der Waals surface area (Å²) in [7, 11) is 1.95. The number of benzene rings is 2. The molecule has 0 aliphatic carbocycles. The van der Waals surface area contributed by atoms with Gasteiger partial charge in [0, 0.05) is 26.1 Å². The molecule has 2 nitrogen and oxygen atoms in total. The van der Waals surface area contributed by atoms with Gasteiger partial charge in [0.2, 0.25) is 0 Å². The van der Waals surface area contributed by atoms with Crippen molar-refractivity contribution in [2.45, 2.75) is 45.4 Å². The van der Waals surface area contributed by atoms with Gasteiger partial charge in [0.15, 0.2) is 0 Å². The minimum atomic E-state index is 0.457. The monoisotopic (exact) mass is 334 g/mol. The smallest absolute Gasteiger partial charge is 0.106 e. The van der Waals surface area contributed by atoms with E-state index in [1.807, 2.05) is 7.05 Å². The molecule has 1 fully saturated rings. The Morgan fingerprint density at radius 1 is 1.08 bits per heavy atom. The highest BCUT2D eigenvalue weighted by Gasteiger charge is 2.26. The van der Waals surface area contributed by atoms with E-state index in [2.05, 4.69) is 72.3 Å². The number of aryl methyl sites for hydroxylation is 1. The predicted octanol–water partition coefficient (Wildman–Crippen LogP) is 5.20. The highest BCUT2D eigenvalue weighted by atomic mass is 15.2. The highest BCUT2D eigenvalue weighted by molar-refractivity contribution is 5.89. The van der Waals surface area contributed by atoms with Gasteiger partial charge in [-0.05, 0) is 49.3 Å². The second-order valence-corrected chi connectivity index (χ2v) is 7.17. The summed E-state index contributed by atoms with van der Waals surface area (Å²) in [5.41, 5.74) is 5.51. The number of likely N-dealkylation sites (tertiary alicyclic amines) is 1. The summed E-state index contributed by atoms with van der Waals surface area (Å²) in [4.78, 5) is 7.13. The number of hydrogen-bond acceptors (Lipinski definition) is 1. The largest absolute Gasteiger partial charge is 0.360 e. The zero-order valence-electron chi connectivity index (χ0n) is 15.8. The molecule has 0 spiro atoms. The third-order valence-corrected chi connectivity index (χ3v) is 5.15. The molecule has 1 heterocycles. The quantitative estimate of drug-likeness (QED) is 0.733. The van der Waals surface area contributed by atoms with Crippen molar-refractivity contribution in [1.29, 1.82) is 0 Å². The van der Waals surface area contributed by atoms with Gasteiger partial charge < -0.3 is 4.90 Å². The van der Waals surface area contributed by atoms with Crippen molar-refractivity contribution in [1.82, 2.24) is 4.90 Å². The third kappa shape index (κ3) is 4.31. The van der Waals surface area contributed by atoms with Crippen molar-refractivity contribution in [3.8, 4) is 0 Å². The summed E-state index contributed by atoms with van der Waals surface area (Å²) >= 11 is 0. The van der Waals surface area contributed by atoms with Gasteiger partial charge in [0.05, 0.1) is 0 Å². The average molecular weight is 335 g/mol. The topological polar surface area (TPSA) is 15.6 Å². The minimum absolute atomic E-state index is 0.457. The van der Waals surface area contributed by atoms with Crippen LogP contribution in [0.3, 0.4) is 0 Å². The van der Waals surface area contributed by atoms with E-state index in [9.17, 15) is 0 Å². The van der Waals surface area contributed by atoms with Crippen LogP contribution in [-0.4, -0.2) is 30.9 Å². The van der Waals surface area contributed by atoms with Gasteiger partial charge in [-0.1, -0.05) is 61.0 Å². The fraction of sp³-hybridized carbons (Fsp3) is 0.435. The summed E-state index contributed by atoms with van der Waals surface area (Å²) in [6, 6.07) is 18.0. The second kappa shape index (κ2) is 8.33. The van der Waals surface area contributed by atoms with Crippen LogP contribution >= 0.6 is 0 Å². The molecule has 2 aromatic rings. The van der Waals surface area contributed by atoms with Crippen LogP contribution < -0.4 is 0 Å². The van der Waals surface area contributed by atoms with Crippen molar-refractivity contribution in [3.63, 3.8) is 0 Å². The Bertz CT molecular complexity index is 713. The maximum Gasteiger partial charge on any atom is 0.106 e. The predicted molar refractivity (Wildman–Crippen MR) is 108 cm³/mol. The van der Waals surface area contributed by atoms with Crippen molar-refractivity contribution in [3.05, 3.63) is 70.8 Å². The Morgan fingerprint density at radius 3 is 2.56 bits per heavy atom. The van der Waals surface area contributed by atoms with Gasteiger partial charge in [0.25, 0.3) is 0 Å². The Hall–Kier alpha value is -2.09. The standard InChI is InChI=1S/C23H30N2/c1-4-14-25-15-6-9-22(23(25)24-3)21-12-10-19(11-13-21)17-20-8-5-7-18(2)16-20/h5,7-8,10-13,16,22H,4,6,9,14-15,17H2,1-3H3. The second-order valence-electron chi connectivity index (χ2n) is 7.17. The number of hydrogen-bond donors (Lipinski definition) is 0. The third-order valence-electron chi connectivity index (χ3n) is 5.15. The lowest BCUT2D eigenvalue weighted by molar-refractivity contribution is 0.355. The van der Waals surface area contributed by atoms with Crippen molar-refractivity contribution in [2.24, 2.45) is 4.99 Å². The summed E-state index contributed by atoms with van der Waals surface area (Å²) in [6.07, 6.45) is 4.66. The van der Waals surface area contributed by atoms with Gasteiger partial charge in [-0.25, -0.2) is 0 Å². The lowest BCUT2D eigenvalue weighted by Crippen LogP contribution is -2.40. The molecule has 0 N–H and O–H groups in total. The van der Waals surface area contributed by atoms with Crippen LogP contribution in [0.25, 0.3) is 0 Å². The van der Waals surface area contributed by atoms with E-state index in [4.69, 9.17) is 0 Å². The molecular weight excluding hydrogens is 304 g/mol. The molecule has 3 rings (SSSR count). The number of piperidine rings is 1. The maximum absolute atomic E-state index is 4.65. The van der Waals surface area contributed by atoms with Gasteiger partial charge in [-0.2, -0.15) is 0 Å². The molecule has 2 heteroatoms. The van der Waals surface area contributed by atoms with E-state index in [0.29, 0.717) is 5.92 Å². The molecule has 132 valence electrons. The van der Waals surface area contributed by atoms with Crippen molar-refractivity contribution < 1.29 is 0 Å². The average Bonchev–Trinajstić information content (AvgIpc) is 2.62. The fourth-order valence-electron chi connectivity index (χ4n) is 3.99. The van der Waals surface area contributed by atoms with Gasteiger partial charge >= 0.3 is 0 Å². The van der Waals surface area contributed by atoms with E-state index >= 15 is 0 Å². The molecule has 0 amide bonds. The van der Waals surface area contributed by atoms with Gasteiger partial charge in [-0.3, -0.25) is 4.99 Å². The van der Waals surface area contributed by atoms with Crippen molar-refractivity contribution >= 4 is 5.84 Å². The first kappa shape index (κ1) is 17.7. The summed E-state index contributed by atoms with van der Waals surface area (Å²) in [5.74, 6) is 1.73. The molecule has 1 atom stereocenters. The van der Waals surface area contributed by atoms with E-state index in [1.165, 1.54) is 47.4 Å². The minimum Gasteiger partial charge on any atom is -0.360 e. The number of aliphatic imine (C=N–C) groups is 1. The molecule has 1 aliphatic heterocycles. The highest BCUT2D eigenvalue weighted by Crippen LogP contribution is 2.29. The first-order chi connectivity index (χ1) is 12.2. The molecular formula is C23H30N2.